The Balaban J connectivity index is 1.75. The molecular formula is C14H20N2O. The Bertz CT molecular complexity index is 386. The molecule has 0 aliphatic heterocycles. The number of amides is 1. The van der Waals surface area contributed by atoms with Crippen molar-refractivity contribution in [1.82, 2.24) is 5.32 Å². The molecule has 0 atom stereocenters. The Kier molecular flexibility index (Phi) is 4.15. The first-order chi connectivity index (χ1) is 8.27. The van der Waals surface area contributed by atoms with Crippen molar-refractivity contribution in [2.75, 3.05) is 13.1 Å². The lowest BCUT2D eigenvalue weighted by Crippen LogP contribution is -2.19. The summed E-state index contributed by atoms with van der Waals surface area (Å²) in [7, 11) is 0. The van der Waals surface area contributed by atoms with E-state index in [9.17, 15) is 4.79 Å². The van der Waals surface area contributed by atoms with Crippen molar-refractivity contribution in [3.05, 3.63) is 35.4 Å². The molecule has 1 aromatic carbocycles. The molecule has 1 amide bonds. The molecule has 1 aliphatic rings. The number of benzene rings is 1. The van der Waals surface area contributed by atoms with Crippen molar-refractivity contribution in [1.29, 1.82) is 0 Å². The van der Waals surface area contributed by atoms with Crippen LogP contribution in [-0.2, 0) is 6.42 Å². The Labute approximate surface area is 102 Å². The molecule has 92 valence electrons. The van der Waals surface area contributed by atoms with Gasteiger partial charge in [0.15, 0.2) is 0 Å². The molecule has 0 radical (unpaired) electrons. The van der Waals surface area contributed by atoms with E-state index in [4.69, 9.17) is 5.73 Å². The van der Waals surface area contributed by atoms with Crippen molar-refractivity contribution < 1.29 is 4.79 Å². The fourth-order valence-electron chi connectivity index (χ4n) is 2.01. The maximum Gasteiger partial charge on any atom is 0.248 e. The topological polar surface area (TPSA) is 55.1 Å². The lowest BCUT2D eigenvalue weighted by atomic mass is 10.0. The highest BCUT2D eigenvalue weighted by Crippen LogP contribution is 2.27. The zero-order chi connectivity index (χ0) is 12.1. The summed E-state index contributed by atoms with van der Waals surface area (Å²) < 4.78 is 0. The first kappa shape index (κ1) is 12.1. The third-order valence-corrected chi connectivity index (χ3v) is 3.21. The number of hydrogen-bond acceptors (Lipinski definition) is 2. The number of nitrogens with one attached hydrogen (secondary N) is 1. The van der Waals surface area contributed by atoms with E-state index < -0.39 is 0 Å². The van der Waals surface area contributed by atoms with E-state index in [1.54, 1.807) is 6.07 Å². The summed E-state index contributed by atoms with van der Waals surface area (Å²) in [4.78, 5) is 11.2. The lowest BCUT2D eigenvalue weighted by Gasteiger charge is -2.07. The molecule has 0 unspecified atom stereocenters. The van der Waals surface area contributed by atoms with E-state index in [1.165, 1.54) is 12.8 Å². The van der Waals surface area contributed by atoms with Gasteiger partial charge in [0.2, 0.25) is 5.91 Å². The van der Waals surface area contributed by atoms with Gasteiger partial charge in [-0.05, 0) is 56.3 Å². The number of aryl methyl sites for hydroxylation is 1. The van der Waals surface area contributed by atoms with Gasteiger partial charge in [0, 0.05) is 5.56 Å². The largest absolute Gasteiger partial charge is 0.366 e. The molecule has 0 spiro atoms. The van der Waals surface area contributed by atoms with E-state index in [0.717, 1.165) is 37.4 Å². The molecular weight excluding hydrogens is 212 g/mol. The van der Waals surface area contributed by atoms with Crippen molar-refractivity contribution in [3.63, 3.8) is 0 Å². The fourth-order valence-corrected chi connectivity index (χ4v) is 2.01. The minimum Gasteiger partial charge on any atom is -0.366 e. The summed E-state index contributed by atoms with van der Waals surface area (Å²) in [5.74, 6) is 0.597. The summed E-state index contributed by atoms with van der Waals surface area (Å²) in [6.07, 6.45) is 4.74. The average molecular weight is 232 g/mol. The van der Waals surface area contributed by atoms with Crippen molar-refractivity contribution in [2.24, 2.45) is 11.7 Å². The molecule has 2 rings (SSSR count). The minimum atomic E-state index is -0.327. The standard InChI is InChI=1S/C14H20N2O/c15-14(17)13-6-2-1-4-12(13)5-3-9-16-10-11-7-8-11/h1-2,4,6,11,16H,3,5,7-10H2,(H2,15,17). The van der Waals surface area contributed by atoms with E-state index in [0.29, 0.717) is 5.56 Å². The van der Waals surface area contributed by atoms with Gasteiger partial charge >= 0.3 is 0 Å². The van der Waals surface area contributed by atoms with Gasteiger partial charge in [-0.25, -0.2) is 0 Å². The summed E-state index contributed by atoms with van der Waals surface area (Å²) in [5, 5.41) is 3.45. The Morgan fingerprint density at radius 2 is 2.12 bits per heavy atom. The summed E-state index contributed by atoms with van der Waals surface area (Å²) in [6.45, 7) is 2.17. The zero-order valence-electron chi connectivity index (χ0n) is 10.1. The number of carbonyl (C=O) groups is 1. The fraction of sp³-hybridized carbons (Fsp3) is 0.500. The van der Waals surface area contributed by atoms with Gasteiger partial charge in [-0.15, -0.1) is 0 Å². The highest BCUT2D eigenvalue weighted by atomic mass is 16.1. The number of primary amides is 1. The molecule has 3 nitrogen and oxygen atoms in total. The van der Waals surface area contributed by atoms with Gasteiger partial charge in [-0.1, -0.05) is 18.2 Å². The van der Waals surface area contributed by atoms with Gasteiger partial charge in [0.25, 0.3) is 0 Å². The molecule has 1 aromatic rings. The SMILES string of the molecule is NC(=O)c1ccccc1CCCNCC1CC1. The van der Waals surface area contributed by atoms with Crippen LogP contribution in [0.4, 0.5) is 0 Å². The van der Waals surface area contributed by atoms with Crippen molar-refractivity contribution >= 4 is 5.91 Å². The number of nitrogens with two attached hydrogens (primary N) is 1. The Hall–Kier alpha value is -1.35. The van der Waals surface area contributed by atoms with Crippen LogP contribution in [-0.4, -0.2) is 19.0 Å². The maximum absolute atomic E-state index is 11.2. The molecule has 3 N–H and O–H groups in total. The Morgan fingerprint density at radius 3 is 2.82 bits per heavy atom. The zero-order valence-corrected chi connectivity index (χ0v) is 10.1. The van der Waals surface area contributed by atoms with Gasteiger partial charge in [-0.3, -0.25) is 4.79 Å². The van der Waals surface area contributed by atoms with Crippen LogP contribution in [0.5, 0.6) is 0 Å². The van der Waals surface area contributed by atoms with Gasteiger partial charge in [0.1, 0.15) is 0 Å². The molecule has 1 saturated carbocycles. The average Bonchev–Trinajstić information content (AvgIpc) is 3.13. The van der Waals surface area contributed by atoms with Crippen LogP contribution in [0.15, 0.2) is 24.3 Å². The summed E-state index contributed by atoms with van der Waals surface area (Å²) >= 11 is 0. The highest BCUT2D eigenvalue weighted by molar-refractivity contribution is 5.94. The highest BCUT2D eigenvalue weighted by Gasteiger charge is 2.19. The predicted molar refractivity (Wildman–Crippen MR) is 68.9 cm³/mol. The van der Waals surface area contributed by atoms with Gasteiger partial charge in [-0.2, -0.15) is 0 Å². The second-order valence-electron chi connectivity index (χ2n) is 4.77. The predicted octanol–water partition coefficient (Wildman–Crippen LogP) is 1.72. The second-order valence-corrected chi connectivity index (χ2v) is 4.77. The van der Waals surface area contributed by atoms with E-state index in [1.807, 2.05) is 18.2 Å². The third kappa shape index (κ3) is 3.86. The summed E-state index contributed by atoms with van der Waals surface area (Å²) in [6, 6.07) is 7.60. The van der Waals surface area contributed by atoms with Crippen molar-refractivity contribution in [2.45, 2.75) is 25.7 Å². The maximum atomic E-state index is 11.2. The first-order valence-electron chi connectivity index (χ1n) is 6.36. The molecule has 17 heavy (non-hydrogen) atoms. The normalized spacial score (nSPS) is 14.8. The van der Waals surface area contributed by atoms with Crippen LogP contribution >= 0.6 is 0 Å². The number of rotatable bonds is 7. The van der Waals surface area contributed by atoms with Gasteiger partial charge in [0.05, 0.1) is 0 Å². The van der Waals surface area contributed by atoms with Crippen LogP contribution < -0.4 is 11.1 Å². The smallest absolute Gasteiger partial charge is 0.248 e. The minimum absolute atomic E-state index is 0.327. The van der Waals surface area contributed by atoms with Crippen LogP contribution in [0.25, 0.3) is 0 Å². The van der Waals surface area contributed by atoms with E-state index >= 15 is 0 Å². The molecule has 1 aliphatic carbocycles. The summed E-state index contributed by atoms with van der Waals surface area (Å²) in [5.41, 5.74) is 7.06. The van der Waals surface area contributed by atoms with E-state index in [2.05, 4.69) is 5.32 Å². The third-order valence-electron chi connectivity index (χ3n) is 3.21. The first-order valence-corrected chi connectivity index (χ1v) is 6.36. The molecule has 0 heterocycles. The lowest BCUT2D eigenvalue weighted by molar-refractivity contribution is 0.0999. The van der Waals surface area contributed by atoms with E-state index in [-0.39, 0.29) is 5.91 Å². The second kappa shape index (κ2) is 5.82. The monoisotopic (exact) mass is 232 g/mol. The van der Waals surface area contributed by atoms with Gasteiger partial charge < -0.3 is 11.1 Å². The number of carbonyl (C=O) groups excluding carboxylic acids is 1. The molecule has 3 heteroatoms. The van der Waals surface area contributed by atoms with Crippen LogP contribution in [0.2, 0.25) is 0 Å². The molecule has 1 fully saturated rings. The van der Waals surface area contributed by atoms with Crippen LogP contribution in [0.3, 0.4) is 0 Å². The van der Waals surface area contributed by atoms with Crippen molar-refractivity contribution in [3.8, 4) is 0 Å². The quantitative estimate of drug-likeness (QED) is 0.703. The van der Waals surface area contributed by atoms with Crippen LogP contribution in [0, 0.1) is 5.92 Å². The number of hydrogen-bond donors (Lipinski definition) is 2. The molecule has 0 bridgehead atoms. The molecule has 0 aromatic heterocycles. The van der Waals surface area contributed by atoms with Crippen LogP contribution in [0.1, 0.15) is 35.2 Å². The Morgan fingerprint density at radius 1 is 1.35 bits per heavy atom. The molecule has 0 saturated heterocycles.